The number of aliphatic hydroxyl groups excluding tert-OH is 1. The Morgan fingerprint density at radius 1 is 1.11 bits per heavy atom. The summed E-state index contributed by atoms with van der Waals surface area (Å²) in [5, 5.41) is 9.99. The molecule has 94 valence electrons. The minimum absolute atomic E-state index is 0.296. The molecule has 0 saturated carbocycles. The van der Waals surface area contributed by atoms with E-state index in [-0.39, 0.29) is 6.10 Å². The average Bonchev–Trinajstić information content (AvgIpc) is 2.39. The number of aliphatic hydroxyl groups is 1. The molecule has 1 unspecified atom stereocenters. The van der Waals surface area contributed by atoms with Crippen LogP contribution in [0.5, 0.6) is 0 Å². The molecule has 2 aromatic rings. The van der Waals surface area contributed by atoms with E-state index in [9.17, 15) is 5.11 Å². The first-order valence-corrected chi connectivity index (χ1v) is 6.36. The van der Waals surface area contributed by atoms with Gasteiger partial charge in [-0.25, -0.2) is 0 Å². The number of aromatic nitrogens is 1. The molecule has 0 aliphatic carbocycles. The third kappa shape index (κ3) is 3.97. The summed E-state index contributed by atoms with van der Waals surface area (Å²) >= 11 is 0. The van der Waals surface area contributed by atoms with Gasteiger partial charge in [0.2, 0.25) is 0 Å². The Bertz CT molecular complexity index is 464. The molecule has 0 amide bonds. The Morgan fingerprint density at radius 2 is 1.89 bits per heavy atom. The number of rotatable bonds is 5. The summed E-state index contributed by atoms with van der Waals surface area (Å²) in [4.78, 5) is 4.05. The summed E-state index contributed by atoms with van der Waals surface area (Å²) in [6.45, 7) is 2.08. The highest BCUT2D eigenvalue weighted by Gasteiger charge is 2.06. The third-order valence-corrected chi connectivity index (χ3v) is 3.08. The number of pyridine rings is 1. The molecular formula is C16H19NO. The van der Waals surface area contributed by atoms with Crippen molar-refractivity contribution in [1.82, 2.24) is 4.98 Å². The molecule has 0 fully saturated rings. The Balaban J connectivity index is 1.81. The summed E-state index contributed by atoms with van der Waals surface area (Å²) in [6, 6.07) is 12.4. The second-order valence-electron chi connectivity index (χ2n) is 4.74. The van der Waals surface area contributed by atoms with Crippen LogP contribution in [0.4, 0.5) is 0 Å². The lowest BCUT2D eigenvalue weighted by Gasteiger charge is -2.10. The van der Waals surface area contributed by atoms with E-state index in [0.29, 0.717) is 6.42 Å². The Labute approximate surface area is 108 Å². The lowest BCUT2D eigenvalue weighted by atomic mass is 10.0. The highest BCUT2D eigenvalue weighted by Crippen LogP contribution is 2.10. The van der Waals surface area contributed by atoms with Crippen LogP contribution in [-0.4, -0.2) is 16.2 Å². The van der Waals surface area contributed by atoms with E-state index in [0.717, 1.165) is 18.4 Å². The van der Waals surface area contributed by atoms with E-state index in [2.05, 4.69) is 36.2 Å². The molecule has 1 aromatic heterocycles. The molecule has 1 heterocycles. The number of benzene rings is 1. The van der Waals surface area contributed by atoms with Crippen LogP contribution in [-0.2, 0) is 12.8 Å². The van der Waals surface area contributed by atoms with E-state index in [1.54, 1.807) is 6.20 Å². The van der Waals surface area contributed by atoms with Gasteiger partial charge in [-0.05, 0) is 43.4 Å². The topological polar surface area (TPSA) is 33.1 Å². The number of hydrogen-bond donors (Lipinski definition) is 1. The second-order valence-corrected chi connectivity index (χ2v) is 4.74. The first kappa shape index (κ1) is 12.8. The average molecular weight is 241 g/mol. The summed E-state index contributed by atoms with van der Waals surface area (Å²) < 4.78 is 0. The van der Waals surface area contributed by atoms with Gasteiger partial charge in [-0.2, -0.15) is 0 Å². The fraction of sp³-hybridized carbons (Fsp3) is 0.312. The molecule has 0 radical (unpaired) electrons. The molecule has 0 aliphatic heterocycles. The molecule has 2 nitrogen and oxygen atoms in total. The SMILES string of the molecule is Cc1ccc(CCC(O)Cc2cccnc2)cc1. The summed E-state index contributed by atoms with van der Waals surface area (Å²) in [5.74, 6) is 0. The maximum Gasteiger partial charge on any atom is 0.0584 e. The van der Waals surface area contributed by atoms with Gasteiger partial charge in [0.25, 0.3) is 0 Å². The maximum absolute atomic E-state index is 9.99. The van der Waals surface area contributed by atoms with Gasteiger partial charge in [-0.15, -0.1) is 0 Å². The van der Waals surface area contributed by atoms with Crippen LogP contribution in [0.2, 0.25) is 0 Å². The molecule has 1 N–H and O–H groups in total. The highest BCUT2D eigenvalue weighted by molar-refractivity contribution is 5.21. The normalized spacial score (nSPS) is 12.3. The van der Waals surface area contributed by atoms with Crippen molar-refractivity contribution in [3.63, 3.8) is 0 Å². The van der Waals surface area contributed by atoms with Crippen LogP contribution < -0.4 is 0 Å². The van der Waals surface area contributed by atoms with Gasteiger partial charge in [0.1, 0.15) is 0 Å². The van der Waals surface area contributed by atoms with Crippen LogP contribution in [0.1, 0.15) is 23.1 Å². The monoisotopic (exact) mass is 241 g/mol. The number of nitrogens with zero attached hydrogens (tertiary/aromatic N) is 1. The van der Waals surface area contributed by atoms with E-state index >= 15 is 0 Å². The van der Waals surface area contributed by atoms with Crippen molar-refractivity contribution in [1.29, 1.82) is 0 Å². The largest absolute Gasteiger partial charge is 0.393 e. The zero-order valence-corrected chi connectivity index (χ0v) is 10.7. The van der Waals surface area contributed by atoms with Crippen LogP contribution in [0, 0.1) is 6.92 Å². The van der Waals surface area contributed by atoms with E-state index < -0.39 is 0 Å². The smallest absolute Gasteiger partial charge is 0.0584 e. The van der Waals surface area contributed by atoms with Gasteiger partial charge in [0.05, 0.1) is 6.10 Å². The van der Waals surface area contributed by atoms with Crippen LogP contribution in [0.15, 0.2) is 48.8 Å². The van der Waals surface area contributed by atoms with Gasteiger partial charge in [-0.3, -0.25) is 4.98 Å². The van der Waals surface area contributed by atoms with Crippen molar-refractivity contribution < 1.29 is 5.11 Å². The Hall–Kier alpha value is -1.67. The Morgan fingerprint density at radius 3 is 2.56 bits per heavy atom. The van der Waals surface area contributed by atoms with E-state index in [4.69, 9.17) is 0 Å². The number of aryl methyl sites for hydroxylation is 2. The van der Waals surface area contributed by atoms with Crippen LogP contribution >= 0.6 is 0 Å². The maximum atomic E-state index is 9.99. The van der Waals surface area contributed by atoms with Gasteiger partial charge in [0, 0.05) is 12.4 Å². The molecule has 1 aromatic carbocycles. The minimum atomic E-state index is -0.296. The lowest BCUT2D eigenvalue weighted by Crippen LogP contribution is -2.11. The van der Waals surface area contributed by atoms with Gasteiger partial charge >= 0.3 is 0 Å². The second kappa shape index (κ2) is 6.31. The van der Waals surface area contributed by atoms with Crippen molar-refractivity contribution in [2.24, 2.45) is 0 Å². The van der Waals surface area contributed by atoms with Gasteiger partial charge < -0.3 is 5.11 Å². The molecule has 1 atom stereocenters. The first-order valence-electron chi connectivity index (χ1n) is 6.36. The fourth-order valence-corrected chi connectivity index (χ4v) is 1.98. The highest BCUT2D eigenvalue weighted by atomic mass is 16.3. The van der Waals surface area contributed by atoms with E-state index in [1.807, 2.05) is 18.3 Å². The minimum Gasteiger partial charge on any atom is -0.393 e. The molecule has 2 heteroatoms. The van der Waals surface area contributed by atoms with Crippen molar-refractivity contribution in [3.8, 4) is 0 Å². The zero-order chi connectivity index (χ0) is 12.8. The van der Waals surface area contributed by atoms with Crippen molar-refractivity contribution in [2.75, 3.05) is 0 Å². The van der Waals surface area contributed by atoms with Gasteiger partial charge in [0.15, 0.2) is 0 Å². The van der Waals surface area contributed by atoms with E-state index in [1.165, 1.54) is 11.1 Å². The molecule has 0 aliphatic rings. The summed E-state index contributed by atoms with van der Waals surface area (Å²) in [6.07, 6.45) is 5.66. The fourth-order valence-electron chi connectivity index (χ4n) is 1.98. The molecular weight excluding hydrogens is 222 g/mol. The molecule has 0 bridgehead atoms. The standard InChI is InChI=1S/C16H19NO/c1-13-4-6-14(7-5-13)8-9-16(18)11-15-3-2-10-17-12-15/h2-7,10,12,16,18H,8-9,11H2,1H3. The van der Waals surface area contributed by atoms with Crippen LogP contribution in [0.3, 0.4) is 0 Å². The molecule has 2 rings (SSSR count). The summed E-state index contributed by atoms with van der Waals surface area (Å²) in [5.41, 5.74) is 3.65. The summed E-state index contributed by atoms with van der Waals surface area (Å²) in [7, 11) is 0. The number of hydrogen-bond acceptors (Lipinski definition) is 2. The predicted octanol–water partition coefficient (Wildman–Crippen LogP) is 2.93. The molecule has 0 saturated heterocycles. The zero-order valence-electron chi connectivity index (χ0n) is 10.7. The quantitative estimate of drug-likeness (QED) is 0.873. The van der Waals surface area contributed by atoms with Crippen LogP contribution in [0.25, 0.3) is 0 Å². The third-order valence-electron chi connectivity index (χ3n) is 3.08. The predicted molar refractivity (Wildman–Crippen MR) is 73.4 cm³/mol. The molecule has 0 spiro atoms. The van der Waals surface area contributed by atoms with Crippen molar-refractivity contribution >= 4 is 0 Å². The van der Waals surface area contributed by atoms with Crippen molar-refractivity contribution in [3.05, 3.63) is 65.5 Å². The lowest BCUT2D eigenvalue weighted by molar-refractivity contribution is 0.165. The molecule has 18 heavy (non-hydrogen) atoms. The first-order chi connectivity index (χ1) is 8.74. The Kier molecular flexibility index (Phi) is 4.48. The van der Waals surface area contributed by atoms with Gasteiger partial charge in [-0.1, -0.05) is 35.9 Å². The van der Waals surface area contributed by atoms with Crippen molar-refractivity contribution in [2.45, 2.75) is 32.3 Å².